The van der Waals surface area contributed by atoms with Gasteiger partial charge in [-0.2, -0.15) is 0 Å². The van der Waals surface area contributed by atoms with Crippen molar-refractivity contribution in [2.45, 2.75) is 77.1 Å². The lowest BCUT2D eigenvalue weighted by Crippen LogP contribution is -2.33. The van der Waals surface area contributed by atoms with Crippen molar-refractivity contribution in [2.75, 3.05) is 19.8 Å². The summed E-state index contributed by atoms with van der Waals surface area (Å²) in [7, 11) is 0. The van der Waals surface area contributed by atoms with Gasteiger partial charge >= 0.3 is 0 Å². The lowest BCUT2D eigenvalue weighted by molar-refractivity contribution is -0.129. The second kappa shape index (κ2) is 10.3. The van der Waals surface area contributed by atoms with E-state index < -0.39 is 0 Å². The Hall–Kier alpha value is -0.690. The molecule has 140 valence electrons. The molecule has 5 unspecified atom stereocenters. The first kappa shape index (κ1) is 19.6. The average Bonchev–Trinajstić information content (AvgIpc) is 3.18. The van der Waals surface area contributed by atoms with Gasteiger partial charge in [0.1, 0.15) is 0 Å². The minimum Gasteiger partial charge on any atom is -0.381 e. The van der Waals surface area contributed by atoms with Gasteiger partial charge in [0, 0.05) is 25.6 Å². The predicted molar refractivity (Wildman–Crippen MR) is 89.8 cm³/mol. The van der Waals surface area contributed by atoms with E-state index in [9.17, 15) is 4.79 Å². The van der Waals surface area contributed by atoms with E-state index in [1.54, 1.807) is 5.48 Å². The molecule has 0 aromatic rings. The molecule has 6 heteroatoms. The maximum Gasteiger partial charge on any atom is 0.243 e. The second-order valence-corrected chi connectivity index (χ2v) is 7.09. The highest BCUT2D eigenvalue weighted by Gasteiger charge is 2.48. The molecule has 6 nitrogen and oxygen atoms in total. The molecule has 0 radical (unpaired) electrons. The standard InChI is InChI=1S/C18H33NO5/c1-3-10-22-11-9-14-15(17-8-7-16(14)24-17)12-23-13(2)5-4-6-18(20)19-21/h13-17,21H,3-12H2,1-2H3,(H,19,20). The molecule has 0 aromatic carbocycles. The Bertz CT molecular complexity index is 378. The molecule has 2 heterocycles. The largest absolute Gasteiger partial charge is 0.381 e. The number of fused-ring (bicyclic) bond motifs is 2. The van der Waals surface area contributed by atoms with Gasteiger partial charge in [-0.1, -0.05) is 6.92 Å². The Labute approximate surface area is 145 Å². The van der Waals surface area contributed by atoms with Gasteiger partial charge in [-0.05, 0) is 51.4 Å². The predicted octanol–water partition coefficient (Wildman–Crippen LogP) is 2.68. The molecule has 2 N–H and O–H groups in total. The highest BCUT2D eigenvalue weighted by Crippen LogP contribution is 2.45. The van der Waals surface area contributed by atoms with Gasteiger partial charge in [0.25, 0.3) is 0 Å². The minimum atomic E-state index is -0.337. The molecule has 1 amide bonds. The first-order valence-electron chi connectivity index (χ1n) is 9.43. The maximum atomic E-state index is 11.0. The highest BCUT2D eigenvalue weighted by atomic mass is 16.5. The molecule has 2 saturated heterocycles. The van der Waals surface area contributed by atoms with Crippen molar-refractivity contribution in [3.8, 4) is 0 Å². The quantitative estimate of drug-likeness (QED) is 0.324. The van der Waals surface area contributed by atoms with E-state index in [-0.39, 0.29) is 12.0 Å². The summed E-state index contributed by atoms with van der Waals surface area (Å²) >= 11 is 0. The Balaban J connectivity index is 1.68. The van der Waals surface area contributed by atoms with Crippen molar-refractivity contribution in [3.05, 3.63) is 0 Å². The van der Waals surface area contributed by atoms with Crippen LogP contribution in [0.3, 0.4) is 0 Å². The number of amides is 1. The number of hydrogen-bond acceptors (Lipinski definition) is 5. The number of carbonyl (C=O) groups is 1. The third kappa shape index (κ3) is 5.69. The molecule has 2 bridgehead atoms. The van der Waals surface area contributed by atoms with Crippen LogP contribution in [0, 0.1) is 11.8 Å². The number of hydrogen-bond donors (Lipinski definition) is 2. The summed E-state index contributed by atoms with van der Waals surface area (Å²) in [6.45, 7) is 6.55. The van der Waals surface area contributed by atoms with E-state index >= 15 is 0 Å². The summed E-state index contributed by atoms with van der Waals surface area (Å²) < 4.78 is 17.8. The zero-order chi connectivity index (χ0) is 17.4. The maximum absolute atomic E-state index is 11.0. The normalized spacial score (nSPS) is 29.8. The van der Waals surface area contributed by atoms with Gasteiger partial charge in [0.15, 0.2) is 0 Å². The summed E-state index contributed by atoms with van der Waals surface area (Å²) in [5.74, 6) is 0.681. The fourth-order valence-corrected chi connectivity index (χ4v) is 3.93. The van der Waals surface area contributed by atoms with Crippen LogP contribution in [-0.2, 0) is 19.0 Å². The van der Waals surface area contributed by atoms with Crippen LogP contribution in [0.4, 0.5) is 0 Å². The fraction of sp³-hybridized carbons (Fsp3) is 0.944. The summed E-state index contributed by atoms with van der Waals surface area (Å²) in [6, 6.07) is 0. The molecule has 0 aromatic heterocycles. The Morgan fingerprint density at radius 3 is 2.75 bits per heavy atom. The molecule has 2 rings (SSSR count). The van der Waals surface area contributed by atoms with Crippen LogP contribution in [0.5, 0.6) is 0 Å². The van der Waals surface area contributed by atoms with E-state index in [0.717, 1.165) is 51.9 Å². The van der Waals surface area contributed by atoms with Gasteiger partial charge < -0.3 is 14.2 Å². The third-order valence-corrected chi connectivity index (χ3v) is 5.25. The third-order valence-electron chi connectivity index (χ3n) is 5.25. The van der Waals surface area contributed by atoms with Crippen molar-refractivity contribution >= 4 is 5.91 Å². The number of nitrogens with one attached hydrogen (secondary N) is 1. The van der Waals surface area contributed by atoms with Crippen LogP contribution in [0.25, 0.3) is 0 Å². The van der Waals surface area contributed by atoms with Crippen molar-refractivity contribution < 1.29 is 24.2 Å². The zero-order valence-electron chi connectivity index (χ0n) is 15.0. The van der Waals surface area contributed by atoms with Crippen molar-refractivity contribution in [1.29, 1.82) is 0 Å². The fourth-order valence-electron chi connectivity index (χ4n) is 3.93. The molecule has 0 spiro atoms. The van der Waals surface area contributed by atoms with Crippen LogP contribution >= 0.6 is 0 Å². The van der Waals surface area contributed by atoms with Crippen LogP contribution < -0.4 is 5.48 Å². The van der Waals surface area contributed by atoms with Crippen molar-refractivity contribution in [3.63, 3.8) is 0 Å². The average molecular weight is 343 g/mol. The minimum absolute atomic E-state index is 0.118. The summed E-state index contributed by atoms with van der Waals surface area (Å²) in [6.07, 6.45) is 7.16. The van der Waals surface area contributed by atoms with Crippen molar-refractivity contribution in [2.24, 2.45) is 11.8 Å². The lowest BCUT2D eigenvalue weighted by atomic mass is 9.78. The summed E-state index contributed by atoms with van der Waals surface area (Å²) in [5, 5.41) is 8.49. The van der Waals surface area contributed by atoms with E-state index in [4.69, 9.17) is 19.4 Å². The lowest BCUT2D eigenvalue weighted by Gasteiger charge is -2.29. The molecule has 2 aliphatic rings. The Morgan fingerprint density at radius 2 is 2.04 bits per heavy atom. The summed E-state index contributed by atoms with van der Waals surface area (Å²) in [5.41, 5.74) is 1.66. The molecule has 0 saturated carbocycles. The highest BCUT2D eigenvalue weighted by molar-refractivity contribution is 5.74. The number of carbonyl (C=O) groups excluding carboxylic acids is 1. The molecule has 2 aliphatic heterocycles. The van der Waals surface area contributed by atoms with E-state index in [1.807, 2.05) is 6.92 Å². The molecule has 0 aliphatic carbocycles. The Morgan fingerprint density at radius 1 is 1.29 bits per heavy atom. The van der Waals surface area contributed by atoms with Gasteiger partial charge in [0.05, 0.1) is 24.9 Å². The second-order valence-electron chi connectivity index (χ2n) is 7.09. The molecular weight excluding hydrogens is 310 g/mol. The Kier molecular flexibility index (Phi) is 8.45. The summed E-state index contributed by atoms with van der Waals surface area (Å²) in [4.78, 5) is 11.0. The first-order valence-corrected chi connectivity index (χ1v) is 9.43. The molecule has 2 fully saturated rings. The first-order chi connectivity index (χ1) is 11.7. The van der Waals surface area contributed by atoms with Crippen LogP contribution in [0.1, 0.15) is 58.8 Å². The van der Waals surface area contributed by atoms with E-state index in [2.05, 4.69) is 6.92 Å². The van der Waals surface area contributed by atoms with Gasteiger partial charge in [-0.25, -0.2) is 5.48 Å². The van der Waals surface area contributed by atoms with Crippen LogP contribution in [-0.4, -0.2) is 49.2 Å². The molecule has 24 heavy (non-hydrogen) atoms. The topological polar surface area (TPSA) is 77.0 Å². The van der Waals surface area contributed by atoms with Gasteiger partial charge in [-0.15, -0.1) is 0 Å². The van der Waals surface area contributed by atoms with Crippen LogP contribution in [0.2, 0.25) is 0 Å². The van der Waals surface area contributed by atoms with Gasteiger partial charge in [-0.3, -0.25) is 10.0 Å². The monoisotopic (exact) mass is 343 g/mol. The smallest absolute Gasteiger partial charge is 0.243 e. The zero-order valence-corrected chi connectivity index (χ0v) is 15.0. The number of hydroxylamine groups is 1. The SMILES string of the molecule is CCCOCCC1C2CCC(O2)C1COC(C)CCCC(=O)NO. The number of ether oxygens (including phenoxy) is 3. The molecular formula is C18H33NO5. The molecule has 5 atom stereocenters. The van der Waals surface area contributed by atoms with E-state index in [1.165, 1.54) is 6.42 Å². The van der Waals surface area contributed by atoms with Crippen LogP contribution in [0.15, 0.2) is 0 Å². The van der Waals surface area contributed by atoms with Gasteiger partial charge in [0.2, 0.25) is 5.91 Å². The number of rotatable bonds is 12. The van der Waals surface area contributed by atoms with E-state index in [0.29, 0.717) is 30.5 Å². The van der Waals surface area contributed by atoms with Crippen molar-refractivity contribution in [1.82, 2.24) is 5.48 Å².